The van der Waals surface area contributed by atoms with E-state index < -0.39 is 0 Å². The average Bonchev–Trinajstić information content (AvgIpc) is 3.18. The third-order valence-corrected chi connectivity index (χ3v) is 5.01. The Balaban J connectivity index is 1.83. The molecule has 0 radical (unpaired) electrons. The van der Waals surface area contributed by atoms with E-state index in [9.17, 15) is 0 Å². The molecule has 0 saturated carbocycles. The van der Waals surface area contributed by atoms with Gasteiger partial charge in [0.15, 0.2) is 0 Å². The van der Waals surface area contributed by atoms with Crippen LogP contribution in [0.25, 0.3) is 32.0 Å². The van der Waals surface area contributed by atoms with Gasteiger partial charge in [-0.05, 0) is 30.7 Å². The van der Waals surface area contributed by atoms with Gasteiger partial charge in [0.05, 0.1) is 23.2 Å². The molecule has 0 unspecified atom stereocenters. The highest BCUT2D eigenvalue weighted by atomic mass is 32.1. The Morgan fingerprint density at radius 1 is 1.09 bits per heavy atom. The predicted octanol–water partition coefficient (Wildman–Crippen LogP) is 4.67. The quantitative estimate of drug-likeness (QED) is 0.596. The van der Waals surface area contributed by atoms with Crippen molar-refractivity contribution < 1.29 is 4.74 Å². The lowest BCUT2D eigenvalue weighted by Crippen LogP contribution is -1.83. The Labute approximate surface area is 137 Å². The Morgan fingerprint density at radius 2 is 1.96 bits per heavy atom. The fourth-order valence-electron chi connectivity index (χ4n) is 2.66. The second-order valence-electron chi connectivity index (χ2n) is 5.28. The molecule has 4 aromatic rings. The van der Waals surface area contributed by atoms with Crippen molar-refractivity contribution in [1.29, 1.82) is 0 Å². The molecule has 0 saturated heterocycles. The third-order valence-electron chi connectivity index (χ3n) is 3.80. The Kier molecular flexibility index (Phi) is 3.35. The summed E-state index contributed by atoms with van der Waals surface area (Å²) in [5.41, 5.74) is 4.05. The van der Waals surface area contributed by atoms with E-state index in [1.807, 2.05) is 43.3 Å². The van der Waals surface area contributed by atoms with E-state index in [0.29, 0.717) is 0 Å². The Hall–Kier alpha value is -2.66. The molecular weight excluding hydrogens is 306 g/mol. The number of methoxy groups -OCH3 is 1. The van der Waals surface area contributed by atoms with Crippen LogP contribution in [0.2, 0.25) is 0 Å². The smallest absolute Gasteiger partial charge is 0.145 e. The van der Waals surface area contributed by atoms with E-state index in [2.05, 4.69) is 22.3 Å². The summed E-state index contributed by atoms with van der Waals surface area (Å²) in [6.07, 6.45) is 0. The fraction of sp³-hybridized carbons (Fsp3) is 0.111. The lowest BCUT2D eigenvalue weighted by atomic mass is 10.1. The molecule has 0 atom stereocenters. The number of aromatic nitrogens is 3. The highest BCUT2D eigenvalue weighted by Gasteiger charge is 2.15. The van der Waals surface area contributed by atoms with Gasteiger partial charge in [0.2, 0.25) is 0 Å². The number of fused-ring (bicyclic) bond motifs is 1. The first-order chi connectivity index (χ1) is 11.3. The van der Waals surface area contributed by atoms with Gasteiger partial charge in [0, 0.05) is 5.39 Å². The maximum atomic E-state index is 5.32. The van der Waals surface area contributed by atoms with Crippen LogP contribution in [0.1, 0.15) is 5.69 Å². The Bertz CT molecular complexity index is 987. The number of hydrogen-bond donors (Lipinski definition) is 1. The summed E-state index contributed by atoms with van der Waals surface area (Å²) in [6.45, 7) is 2.03. The van der Waals surface area contributed by atoms with Crippen molar-refractivity contribution in [2.75, 3.05) is 7.11 Å². The van der Waals surface area contributed by atoms with Crippen LogP contribution in [-0.2, 0) is 0 Å². The lowest BCUT2D eigenvalue weighted by Gasteiger charge is -2.02. The molecule has 0 aliphatic heterocycles. The van der Waals surface area contributed by atoms with E-state index in [1.165, 1.54) is 0 Å². The zero-order valence-corrected chi connectivity index (χ0v) is 13.6. The molecular formula is C18H15N3OS. The van der Waals surface area contributed by atoms with Gasteiger partial charge in [0.1, 0.15) is 16.5 Å². The summed E-state index contributed by atoms with van der Waals surface area (Å²) in [5.74, 6) is 0.849. The summed E-state index contributed by atoms with van der Waals surface area (Å²) in [6, 6.07) is 16.2. The second kappa shape index (κ2) is 5.52. The Morgan fingerprint density at radius 3 is 2.83 bits per heavy atom. The van der Waals surface area contributed by atoms with E-state index in [0.717, 1.165) is 43.5 Å². The summed E-state index contributed by atoms with van der Waals surface area (Å²) >= 11 is 1.66. The van der Waals surface area contributed by atoms with Gasteiger partial charge in [0.25, 0.3) is 0 Å². The highest BCUT2D eigenvalue weighted by molar-refractivity contribution is 7.18. The number of para-hydroxylation sites is 1. The van der Waals surface area contributed by atoms with Crippen molar-refractivity contribution in [3.8, 4) is 26.9 Å². The number of nitrogens with one attached hydrogen (secondary N) is 1. The molecule has 0 aliphatic carbocycles. The second-order valence-corrected chi connectivity index (χ2v) is 6.28. The van der Waals surface area contributed by atoms with Crippen LogP contribution >= 0.6 is 11.3 Å². The summed E-state index contributed by atoms with van der Waals surface area (Å²) in [5, 5.41) is 9.54. The fourth-order valence-corrected chi connectivity index (χ4v) is 3.72. The molecule has 0 spiro atoms. The monoisotopic (exact) mass is 321 g/mol. The zero-order valence-electron chi connectivity index (χ0n) is 12.8. The van der Waals surface area contributed by atoms with Crippen LogP contribution in [-0.4, -0.2) is 22.3 Å². The van der Waals surface area contributed by atoms with E-state index >= 15 is 0 Å². The number of aryl methyl sites for hydroxylation is 1. The molecule has 2 aromatic heterocycles. The maximum absolute atomic E-state index is 5.32. The molecule has 23 heavy (non-hydrogen) atoms. The largest absolute Gasteiger partial charge is 0.497 e. The number of hydrogen-bond acceptors (Lipinski definition) is 4. The van der Waals surface area contributed by atoms with Crippen LogP contribution < -0.4 is 4.74 Å². The normalized spacial score (nSPS) is 11.0. The molecule has 4 rings (SSSR count). The first kappa shape index (κ1) is 14.0. The number of rotatable bonds is 3. The van der Waals surface area contributed by atoms with E-state index in [1.54, 1.807) is 18.4 Å². The summed E-state index contributed by atoms with van der Waals surface area (Å²) in [4.78, 5) is 5.87. The van der Waals surface area contributed by atoms with Gasteiger partial charge in [-0.1, -0.05) is 30.3 Å². The molecule has 5 heteroatoms. The van der Waals surface area contributed by atoms with Crippen molar-refractivity contribution in [2.24, 2.45) is 0 Å². The van der Waals surface area contributed by atoms with Gasteiger partial charge in [-0.2, -0.15) is 5.10 Å². The zero-order chi connectivity index (χ0) is 15.8. The minimum Gasteiger partial charge on any atom is -0.497 e. The number of nitrogens with zero attached hydrogens (tertiary/aromatic N) is 2. The van der Waals surface area contributed by atoms with E-state index in [4.69, 9.17) is 9.72 Å². The van der Waals surface area contributed by atoms with Gasteiger partial charge in [-0.25, -0.2) is 4.98 Å². The van der Waals surface area contributed by atoms with Crippen LogP contribution in [0.3, 0.4) is 0 Å². The van der Waals surface area contributed by atoms with E-state index in [-0.39, 0.29) is 0 Å². The average molecular weight is 321 g/mol. The van der Waals surface area contributed by atoms with Crippen LogP contribution in [0.15, 0.2) is 48.5 Å². The first-order valence-corrected chi connectivity index (χ1v) is 8.13. The topological polar surface area (TPSA) is 50.8 Å². The molecule has 0 fully saturated rings. The molecule has 2 aromatic carbocycles. The minimum atomic E-state index is 0.849. The number of H-pyrrole nitrogens is 1. The van der Waals surface area contributed by atoms with Gasteiger partial charge < -0.3 is 4.74 Å². The predicted molar refractivity (Wildman–Crippen MR) is 93.9 cm³/mol. The lowest BCUT2D eigenvalue weighted by molar-refractivity contribution is 0.415. The molecule has 4 nitrogen and oxygen atoms in total. The number of thiazole rings is 1. The maximum Gasteiger partial charge on any atom is 0.145 e. The third kappa shape index (κ3) is 2.39. The van der Waals surface area contributed by atoms with Crippen LogP contribution in [0.5, 0.6) is 5.75 Å². The summed E-state index contributed by atoms with van der Waals surface area (Å²) < 4.78 is 5.32. The van der Waals surface area contributed by atoms with Crippen LogP contribution in [0.4, 0.5) is 0 Å². The molecule has 0 aliphatic rings. The number of ether oxygens (including phenoxy) is 1. The molecule has 1 N–H and O–H groups in total. The molecule has 114 valence electrons. The standard InChI is InChI=1S/C18H15N3OS/c1-11-17(12-6-5-7-13(10-12)22-2)23-18(19-11)16-14-8-3-4-9-15(14)20-21-16/h3-10H,1-2H3,(H,20,21). The van der Waals surface area contributed by atoms with Crippen molar-refractivity contribution in [3.63, 3.8) is 0 Å². The molecule has 2 heterocycles. The van der Waals surface area contributed by atoms with Gasteiger partial charge >= 0.3 is 0 Å². The van der Waals surface area contributed by atoms with Gasteiger partial charge in [-0.15, -0.1) is 11.3 Å². The number of benzene rings is 2. The first-order valence-electron chi connectivity index (χ1n) is 7.31. The summed E-state index contributed by atoms with van der Waals surface area (Å²) in [7, 11) is 1.68. The van der Waals surface area contributed by atoms with Gasteiger partial charge in [-0.3, -0.25) is 5.10 Å². The van der Waals surface area contributed by atoms with Crippen molar-refractivity contribution in [2.45, 2.75) is 6.92 Å². The van der Waals surface area contributed by atoms with Crippen molar-refractivity contribution in [1.82, 2.24) is 15.2 Å². The van der Waals surface area contributed by atoms with Crippen LogP contribution in [0, 0.1) is 6.92 Å². The molecule has 0 amide bonds. The number of aromatic amines is 1. The minimum absolute atomic E-state index is 0.849. The van der Waals surface area contributed by atoms with Crippen molar-refractivity contribution >= 4 is 22.2 Å². The SMILES string of the molecule is COc1cccc(-c2sc(-c3n[nH]c4ccccc34)nc2C)c1. The molecule has 0 bridgehead atoms. The highest BCUT2D eigenvalue weighted by Crippen LogP contribution is 2.37. The van der Waals surface area contributed by atoms with Crippen molar-refractivity contribution in [3.05, 3.63) is 54.2 Å².